The Morgan fingerprint density at radius 1 is 1.24 bits per heavy atom. The van der Waals surface area contributed by atoms with Crippen LogP contribution in [0, 0.1) is 0 Å². The van der Waals surface area contributed by atoms with Gasteiger partial charge >= 0.3 is 0 Å². The van der Waals surface area contributed by atoms with Crippen LogP contribution in [0.4, 0.5) is 0 Å². The van der Waals surface area contributed by atoms with Crippen LogP contribution in [-0.4, -0.2) is 18.8 Å². The van der Waals surface area contributed by atoms with E-state index in [0.29, 0.717) is 20.2 Å². The first kappa shape index (κ1) is 15.5. The molecule has 7 heteroatoms. The Labute approximate surface area is 141 Å². The molecule has 0 aliphatic heterocycles. The Bertz CT molecular complexity index is 739. The molecule has 0 unspecified atom stereocenters. The van der Waals surface area contributed by atoms with Gasteiger partial charge in [-0.1, -0.05) is 23.7 Å². The zero-order valence-corrected chi connectivity index (χ0v) is 15.0. The lowest BCUT2D eigenvalue weighted by Gasteiger charge is -2.21. The molecule has 1 fully saturated rings. The van der Waals surface area contributed by atoms with Gasteiger partial charge in [0.1, 0.15) is 4.21 Å². The van der Waals surface area contributed by atoms with Gasteiger partial charge in [-0.15, -0.1) is 11.3 Å². The summed E-state index contributed by atoms with van der Waals surface area (Å²) >= 11 is 10.4. The Balaban J connectivity index is 1.91. The van der Waals surface area contributed by atoms with Crippen molar-refractivity contribution < 1.29 is 8.42 Å². The van der Waals surface area contributed by atoms with Gasteiger partial charge in [0.15, 0.2) is 0 Å². The van der Waals surface area contributed by atoms with E-state index in [2.05, 4.69) is 15.9 Å². The van der Waals surface area contributed by atoms with Crippen LogP contribution in [0.1, 0.15) is 18.4 Å². The van der Waals surface area contributed by atoms with Gasteiger partial charge < -0.3 is 0 Å². The molecule has 0 radical (unpaired) electrons. The van der Waals surface area contributed by atoms with Crippen LogP contribution in [0.15, 0.2) is 44.4 Å². The van der Waals surface area contributed by atoms with Crippen LogP contribution in [-0.2, 0) is 16.6 Å². The highest BCUT2D eigenvalue weighted by molar-refractivity contribution is 9.10. The van der Waals surface area contributed by atoms with Gasteiger partial charge in [0, 0.05) is 22.1 Å². The van der Waals surface area contributed by atoms with E-state index in [4.69, 9.17) is 11.6 Å². The molecule has 0 atom stereocenters. The molecule has 112 valence electrons. The van der Waals surface area contributed by atoms with E-state index in [1.165, 1.54) is 11.3 Å². The van der Waals surface area contributed by atoms with Crippen molar-refractivity contribution in [2.24, 2.45) is 0 Å². The van der Waals surface area contributed by atoms with Crippen molar-refractivity contribution >= 4 is 48.9 Å². The quantitative estimate of drug-likeness (QED) is 0.732. The minimum atomic E-state index is -3.46. The molecule has 0 N–H and O–H groups in total. The van der Waals surface area contributed by atoms with Crippen molar-refractivity contribution in [3.05, 3.63) is 50.8 Å². The highest BCUT2D eigenvalue weighted by atomic mass is 79.9. The number of sulfonamides is 1. The number of rotatable bonds is 5. The van der Waals surface area contributed by atoms with Gasteiger partial charge in [0.05, 0.1) is 0 Å². The minimum absolute atomic E-state index is 0.111. The zero-order chi connectivity index (χ0) is 15.0. The van der Waals surface area contributed by atoms with Crippen LogP contribution in [0.3, 0.4) is 0 Å². The van der Waals surface area contributed by atoms with Crippen LogP contribution in [0.2, 0.25) is 5.02 Å². The molecule has 1 saturated carbocycles. The normalized spacial score (nSPS) is 15.6. The van der Waals surface area contributed by atoms with Gasteiger partial charge in [-0.2, -0.15) is 4.31 Å². The molecule has 1 aromatic heterocycles. The predicted molar refractivity (Wildman–Crippen MR) is 89.2 cm³/mol. The number of hydrogen-bond acceptors (Lipinski definition) is 3. The molecule has 1 heterocycles. The average molecular weight is 407 g/mol. The summed E-state index contributed by atoms with van der Waals surface area (Å²) in [5, 5.41) is 2.44. The number of halogens is 2. The minimum Gasteiger partial charge on any atom is -0.206 e. The first-order chi connectivity index (χ1) is 9.98. The monoisotopic (exact) mass is 405 g/mol. The van der Waals surface area contributed by atoms with Crippen LogP contribution in [0.5, 0.6) is 0 Å². The number of benzene rings is 1. The van der Waals surface area contributed by atoms with E-state index in [1.807, 2.05) is 12.1 Å². The topological polar surface area (TPSA) is 37.4 Å². The van der Waals surface area contributed by atoms with Gasteiger partial charge in [-0.05, 0) is 57.9 Å². The van der Waals surface area contributed by atoms with Gasteiger partial charge in [0.25, 0.3) is 10.0 Å². The fourth-order valence-corrected chi connectivity index (χ4v) is 6.34. The molecule has 0 amide bonds. The maximum atomic E-state index is 12.8. The first-order valence-electron chi connectivity index (χ1n) is 6.48. The summed E-state index contributed by atoms with van der Waals surface area (Å²) < 4.78 is 28.3. The van der Waals surface area contributed by atoms with Crippen molar-refractivity contribution in [2.45, 2.75) is 29.6 Å². The summed E-state index contributed by atoms with van der Waals surface area (Å²) in [6, 6.07) is 9.20. The van der Waals surface area contributed by atoms with Crippen LogP contribution < -0.4 is 0 Å². The zero-order valence-electron chi connectivity index (χ0n) is 11.0. The summed E-state index contributed by atoms with van der Waals surface area (Å²) in [4.78, 5) is 0. The highest BCUT2D eigenvalue weighted by Crippen LogP contribution is 2.37. The van der Waals surface area contributed by atoms with Crippen LogP contribution in [0.25, 0.3) is 0 Å². The molecule has 2 aromatic rings. The lowest BCUT2D eigenvalue weighted by molar-refractivity contribution is 0.399. The van der Waals surface area contributed by atoms with E-state index >= 15 is 0 Å². The third-order valence-corrected chi connectivity index (χ3v) is 8.13. The lowest BCUT2D eigenvalue weighted by Crippen LogP contribution is -2.32. The summed E-state index contributed by atoms with van der Waals surface area (Å²) in [7, 11) is -3.46. The molecule has 1 aliphatic carbocycles. The molecule has 0 saturated heterocycles. The molecule has 1 aromatic carbocycles. The fraction of sp³-hybridized carbons (Fsp3) is 0.286. The third kappa shape index (κ3) is 3.35. The van der Waals surface area contributed by atoms with E-state index in [1.54, 1.807) is 27.9 Å². The molecule has 1 aliphatic rings. The second-order valence-corrected chi connectivity index (χ2v) is 9.26. The molecular formula is C14H13BrClNO2S2. The second kappa shape index (κ2) is 6.01. The van der Waals surface area contributed by atoms with Gasteiger partial charge in [0.2, 0.25) is 0 Å². The third-order valence-electron chi connectivity index (χ3n) is 3.33. The summed E-state index contributed by atoms with van der Waals surface area (Å²) in [5.74, 6) is 0. The largest absolute Gasteiger partial charge is 0.254 e. The van der Waals surface area contributed by atoms with Crippen molar-refractivity contribution in [2.75, 3.05) is 0 Å². The Morgan fingerprint density at radius 3 is 2.43 bits per heavy atom. The molecule has 3 rings (SSSR count). The van der Waals surface area contributed by atoms with E-state index in [0.717, 1.165) is 18.4 Å². The summed E-state index contributed by atoms with van der Waals surface area (Å²) in [5.41, 5.74) is 0.947. The standard InChI is InChI=1S/C14H13BrClNO2S2/c15-13-7-8-20-14(13)21(18,19)17(12-5-6-12)9-10-1-3-11(16)4-2-10/h1-4,7-8,12H,5-6,9H2. The molecule has 0 spiro atoms. The van der Waals surface area contributed by atoms with Gasteiger partial charge in [-0.3, -0.25) is 0 Å². The van der Waals surface area contributed by atoms with Crippen molar-refractivity contribution in [1.82, 2.24) is 4.31 Å². The molecule has 3 nitrogen and oxygen atoms in total. The maximum absolute atomic E-state index is 12.8. The van der Waals surface area contributed by atoms with Crippen molar-refractivity contribution in [1.29, 1.82) is 0 Å². The Hall–Kier alpha value is -0.400. The second-order valence-electron chi connectivity index (χ2n) is 4.96. The predicted octanol–water partition coefficient (Wildman–Crippen LogP) is 4.52. The summed E-state index contributed by atoms with van der Waals surface area (Å²) in [6.07, 6.45) is 1.85. The lowest BCUT2D eigenvalue weighted by atomic mass is 10.2. The molecular weight excluding hydrogens is 394 g/mol. The first-order valence-corrected chi connectivity index (χ1v) is 9.97. The number of nitrogens with zero attached hydrogens (tertiary/aromatic N) is 1. The maximum Gasteiger partial charge on any atom is 0.254 e. The smallest absolute Gasteiger partial charge is 0.206 e. The SMILES string of the molecule is O=S(=O)(c1sccc1Br)N(Cc1ccc(Cl)cc1)C1CC1. The highest BCUT2D eigenvalue weighted by Gasteiger charge is 2.39. The molecule has 21 heavy (non-hydrogen) atoms. The van der Waals surface area contributed by atoms with Crippen molar-refractivity contribution in [3.8, 4) is 0 Å². The number of thiophene rings is 1. The van der Waals surface area contributed by atoms with Gasteiger partial charge in [-0.25, -0.2) is 8.42 Å². The molecule has 0 bridgehead atoms. The van der Waals surface area contributed by atoms with Crippen LogP contribution >= 0.6 is 38.9 Å². The van der Waals surface area contributed by atoms with Crippen molar-refractivity contribution in [3.63, 3.8) is 0 Å². The average Bonchev–Trinajstić information content (AvgIpc) is 3.18. The van der Waals surface area contributed by atoms with E-state index in [-0.39, 0.29) is 6.04 Å². The number of hydrogen-bond donors (Lipinski definition) is 0. The summed E-state index contributed by atoms with van der Waals surface area (Å²) in [6.45, 7) is 0.383. The Morgan fingerprint density at radius 2 is 1.90 bits per heavy atom. The Kier molecular flexibility index (Phi) is 4.43. The van der Waals surface area contributed by atoms with E-state index < -0.39 is 10.0 Å². The van der Waals surface area contributed by atoms with E-state index in [9.17, 15) is 8.42 Å². The fourth-order valence-electron chi connectivity index (χ4n) is 2.11.